The van der Waals surface area contributed by atoms with Crippen LogP contribution >= 0.6 is 0 Å². The number of benzene rings is 1. The van der Waals surface area contributed by atoms with Gasteiger partial charge in [-0.25, -0.2) is 0 Å². The molecule has 5 heteroatoms. The van der Waals surface area contributed by atoms with Gasteiger partial charge in [0.2, 0.25) is 0 Å². The molecule has 0 aromatic heterocycles. The summed E-state index contributed by atoms with van der Waals surface area (Å²) in [4.78, 5) is 22.1. The van der Waals surface area contributed by atoms with Crippen molar-refractivity contribution in [1.82, 2.24) is 5.32 Å². The number of para-hydroxylation sites is 1. The molecule has 110 valence electrons. The number of ether oxygens (including phenoxy) is 1. The zero-order valence-electron chi connectivity index (χ0n) is 12.2. The maximum absolute atomic E-state index is 11.6. The Morgan fingerprint density at radius 2 is 1.90 bits per heavy atom. The van der Waals surface area contributed by atoms with Gasteiger partial charge in [0.25, 0.3) is 5.91 Å². The minimum atomic E-state index is -1.33. The fourth-order valence-electron chi connectivity index (χ4n) is 1.70. The van der Waals surface area contributed by atoms with Crippen LogP contribution in [0.1, 0.15) is 33.3 Å². The Labute approximate surface area is 118 Å². The van der Waals surface area contributed by atoms with Crippen molar-refractivity contribution in [3.8, 4) is 5.75 Å². The van der Waals surface area contributed by atoms with Crippen molar-refractivity contribution >= 4 is 11.9 Å². The van der Waals surface area contributed by atoms with Crippen LogP contribution in [0.4, 0.5) is 0 Å². The molecule has 1 atom stereocenters. The number of hydrogen-bond acceptors (Lipinski definition) is 4. The number of rotatable bonds is 5. The molecular weight excluding hydrogens is 258 g/mol. The molecule has 20 heavy (non-hydrogen) atoms. The Balaban J connectivity index is 2.67. The van der Waals surface area contributed by atoms with E-state index >= 15 is 0 Å². The van der Waals surface area contributed by atoms with Gasteiger partial charge in [0.1, 0.15) is 5.75 Å². The predicted molar refractivity (Wildman–Crippen MR) is 73.2 cm³/mol. The van der Waals surface area contributed by atoms with Crippen LogP contribution in [0.25, 0.3) is 0 Å². The smallest absolute Gasteiger partial charge is 0.258 e. The van der Waals surface area contributed by atoms with Crippen molar-refractivity contribution < 1.29 is 19.4 Å². The van der Waals surface area contributed by atoms with E-state index in [1.165, 1.54) is 6.92 Å². The first-order valence-corrected chi connectivity index (χ1v) is 6.44. The average molecular weight is 278 g/mol. The lowest BCUT2D eigenvalue weighted by Crippen LogP contribution is -2.47. The van der Waals surface area contributed by atoms with Crippen LogP contribution in [0.15, 0.2) is 24.3 Å². The zero-order valence-corrected chi connectivity index (χ0v) is 12.2. The van der Waals surface area contributed by atoms with Crippen molar-refractivity contribution in [1.29, 1.82) is 0 Å². The minimum absolute atomic E-state index is 0.106. The molecule has 0 spiro atoms. The SMILES string of the molecule is C[C@@H](NC(=O)COc1ccccc1C(C)(C)C)C(=O)[O-]. The molecule has 0 heterocycles. The van der Waals surface area contributed by atoms with E-state index in [9.17, 15) is 14.7 Å². The van der Waals surface area contributed by atoms with Crippen molar-refractivity contribution in [3.63, 3.8) is 0 Å². The molecule has 1 rings (SSSR count). The van der Waals surface area contributed by atoms with Crippen LogP contribution < -0.4 is 15.2 Å². The summed E-state index contributed by atoms with van der Waals surface area (Å²) in [7, 11) is 0. The number of amides is 1. The van der Waals surface area contributed by atoms with Gasteiger partial charge >= 0.3 is 0 Å². The number of hydrogen-bond donors (Lipinski definition) is 1. The highest BCUT2D eigenvalue weighted by Crippen LogP contribution is 2.30. The predicted octanol–water partition coefficient (Wildman–Crippen LogP) is 0.617. The van der Waals surface area contributed by atoms with E-state index in [0.29, 0.717) is 5.75 Å². The monoisotopic (exact) mass is 278 g/mol. The molecule has 5 nitrogen and oxygen atoms in total. The summed E-state index contributed by atoms with van der Waals surface area (Å²) in [5.41, 5.74) is 0.881. The van der Waals surface area contributed by atoms with Crippen molar-refractivity contribution in [2.75, 3.05) is 6.61 Å². The summed E-state index contributed by atoms with van der Waals surface area (Å²) >= 11 is 0. The quantitative estimate of drug-likeness (QED) is 0.856. The first kappa shape index (κ1) is 16.0. The second-order valence-corrected chi connectivity index (χ2v) is 5.64. The van der Waals surface area contributed by atoms with Gasteiger partial charge in [0.15, 0.2) is 6.61 Å². The minimum Gasteiger partial charge on any atom is -0.548 e. The maximum Gasteiger partial charge on any atom is 0.258 e. The van der Waals surface area contributed by atoms with Gasteiger partial charge in [-0.3, -0.25) is 4.79 Å². The van der Waals surface area contributed by atoms with Gasteiger partial charge in [0, 0.05) is 0 Å². The molecule has 0 aliphatic carbocycles. The molecule has 0 fully saturated rings. The highest BCUT2D eigenvalue weighted by molar-refractivity contribution is 5.83. The second-order valence-electron chi connectivity index (χ2n) is 5.64. The third kappa shape index (κ3) is 4.57. The lowest BCUT2D eigenvalue weighted by molar-refractivity contribution is -0.307. The first-order valence-electron chi connectivity index (χ1n) is 6.44. The Morgan fingerprint density at radius 1 is 1.30 bits per heavy atom. The van der Waals surface area contributed by atoms with Crippen molar-refractivity contribution in [2.24, 2.45) is 0 Å². The highest BCUT2D eigenvalue weighted by atomic mass is 16.5. The van der Waals surface area contributed by atoms with E-state index in [1.54, 1.807) is 6.07 Å². The van der Waals surface area contributed by atoms with E-state index in [-0.39, 0.29) is 12.0 Å². The van der Waals surface area contributed by atoms with E-state index in [2.05, 4.69) is 5.32 Å². The fourth-order valence-corrected chi connectivity index (χ4v) is 1.70. The summed E-state index contributed by atoms with van der Waals surface area (Å²) in [5.74, 6) is -1.20. The molecular formula is C15H20NO4-. The molecule has 0 aliphatic rings. The normalized spacial score (nSPS) is 12.6. The number of nitrogens with one attached hydrogen (secondary N) is 1. The molecule has 1 amide bonds. The first-order chi connectivity index (χ1) is 9.21. The average Bonchev–Trinajstić information content (AvgIpc) is 2.35. The lowest BCUT2D eigenvalue weighted by Gasteiger charge is -2.22. The number of carbonyl (C=O) groups is 2. The Kier molecular flexibility index (Phi) is 5.13. The van der Waals surface area contributed by atoms with Gasteiger partial charge < -0.3 is 20.0 Å². The largest absolute Gasteiger partial charge is 0.548 e. The van der Waals surface area contributed by atoms with Crippen LogP contribution in [0.5, 0.6) is 5.75 Å². The van der Waals surface area contributed by atoms with Gasteiger partial charge in [-0.1, -0.05) is 39.0 Å². The van der Waals surface area contributed by atoms with Crippen LogP contribution in [0.2, 0.25) is 0 Å². The second kappa shape index (κ2) is 6.41. The van der Waals surface area contributed by atoms with Crippen molar-refractivity contribution in [2.45, 2.75) is 39.2 Å². The molecule has 1 aromatic carbocycles. The molecule has 1 N–H and O–H groups in total. The third-order valence-electron chi connectivity index (χ3n) is 2.78. The van der Waals surface area contributed by atoms with Crippen LogP contribution in [0, 0.1) is 0 Å². The summed E-state index contributed by atoms with van der Waals surface area (Å²) in [5, 5.41) is 12.8. The van der Waals surface area contributed by atoms with E-state index in [4.69, 9.17) is 4.74 Å². The molecule has 0 aliphatic heterocycles. The summed E-state index contributed by atoms with van der Waals surface area (Å²) in [6, 6.07) is 6.43. The molecule has 0 saturated heterocycles. The maximum atomic E-state index is 11.6. The van der Waals surface area contributed by atoms with Gasteiger partial charge in [-0.15, -0.1) is 0 Å². The summed E-state index contributed by atoms with van der Waals surface area (Å²) in [6.07, 6.45) is 0. The number of aliphatic carboxylic acids is 1. The molecule has 0 bridgehead atoms. The van der Waals surface area contributed by atoms with E-state index in [1.807, 2.05) is 39.0 Å². The van der Waals surface area contributed by atoms with Gasteiger partial charge in [0.05, 0.1) is 12.0 Å². The Hall–Kier alpha value is -2.04. The summed E-state index contributed by atoms with van der Waals surface area (Å²) in [6.45, 7) is 7.26. The number of carbonyl (C=O) groups excluding carboxylic acids is 2. The standard InChI is InChI=1S/C15H21NO4/c1-10(14(18)19)16-13(17)9-20-12-8-6-5-7-11(12)15(2,3)4/h5-8,10H,9H2,1-4H3,(H,16,17)(H,18,19)/p-1/t10-/m1/s1. The van der Waals surface area contributed by atoms with Crippen molar-refractivity contribution in [3.05, 3.63) is 29.8 Å². The molecule has 1 aromatic rings. The highest BCUT2D eigenvalue weighted by Gasteiger charge is 2.19. The Morgan fingerprint density at radius 3 is 2.45 bits per heavy atom. The molecule has 0 saturated carbocycles. The van der Waals surface area contributed by atoms with Crippen LogP contribution in [-0.2, 0) is 15.0 Å². The van der Waals surface area contributed by atoms with Crippen LogP contribution in [0.3, 0.4) is 0 Å². The van der Waals surface area contributed by atoms with Crippen LogP contribution in [-0.4, -0.2) is 24.5 Å². The van der Waals surface area contributed by atoms with Gasteiger partial charge in [-0.05, 0) is 24.0 Å². The number of carboxylic acids is 1. The molecule has 0 radical (unpaired) electrons. The van der Waals surface area contributed by atoms with Gasteiger partial charge in [-0.2, -0.15) is 0 Å². The topological polar surface area (TPSA) is 78.5 Å². The lowest BCUT2D eigenvalue weighted by atomic mass is 9.86. The fraction of sp³-hybridized carbons (Fsp3) is 0.467. The van der Waals surface area contributed by atoms with E-state index < -0.39 is 17.9 Å². The third-order valence-corrected chi connectivity index (χ3v) is 2.78. The Bertz CT molecular complexity index is 491. The van der Waals surface area contributed by atoms with E-state index in [0.717, 1.165) is 5.56 Å². The zero-order chi connectivity index (χ0) is 15.3. The summed E-state index contributed by atoms with van der Waals surface area (Å²) < 4.78 is 5.48. The molecule has 0 unspecified atom stereocenters. The number of carboxylic acid groups (broad SMARTS) is 1.